The zero-order valence-electron chi connectivity index (χ0n) is 14.8. The first-order valence-electron chi connectivity index (χ1n) is 8.17. The summed E-state index contributed by atoms with van der Waals surface area (Å²) in [4.78, 5) is 21.1. The number of nitrogens with zero attached hydrogens (tertiary/aromatic N) is 2. The molecule has 0 unspecified atom stereocenters. The highest BCUT2D eigenvalue weighted by Gasteiger charge is 2.12. The van der Waals surface area contributed by atoms with Crippen LogP contribution in [0, 0.1) is 26.6 Å². The molecule has 1 aromatic heterocycles. The summed E-state index contributed by atoms with van der Waals surface area (Å²) in [6, 6.07) is 13.4. The Kier molecular flexibility index (Phi) is 4.93. The highest BCUT2D eigenvalue weighted by atomic mass is 19.1. The van der Waals surface area contributed by atoms with Gasteiger partial charge >= 0.3 is 0 Å². The number of hydrogen-bond donors (Lipinski definition) is 2. The number of benzene rings is 2. The largest absolute Gasteiger partial charge is 0.324 e. The highest BCUT2D eigenvalue weighted by molar-refractivity contribution is 6.03. The summed E-state index contributed by atoms with van der Waals surface area (Å²) >= 11 is 0. The predicted octanol–water partition coefficient (Wildman–Crippen LogP) is 4.54. The number of amides is 1. The maximum atomic E-state index is 13.3. The number of halogens is 1. The van der Waals surface area contributed by atoms with Gasteiger partial charge in [-0.05, 0) is 56.7 Å². The highest BCUT2D eigenvalue weighted by Crippen LogP contribution is 2.18. The molecule has 0 saturated carbocycles. The molecule has 0 aliphatic rings. The lowest BCUT2D eigenvalue weighted by atomic mass is 10.1. The average molecular weight is 350 g/mol. The summed E-state index contributed by atoms with van der Waals surface area (Å²) in [6.07, 6.45) is 0. The van der Waals surface area contributed by atoms with Crippen LogP contribution < -0.4 is 10.6 Å². The zero-order chi connectivity index (χ0) is 18.7. The quantitative estimate of drug-likeness (QED) is 0.725. The molecule has 0 fully saturated rings. The molecule has 1 amide bonds. The average Bonchev–Trinajstić information content (AvgIpc) is 2.57. The van der Waals surface area contributed by atoms with E-state index in [1.807, 2.05) is 32.0 Å². The summed E-state index contributed by atoms with van der Waals surface area (Å²) in [7, 11) is 0. The lowest BCUT2D eigenvalue weighted by Gasteiger charge is -2.11. The number of rotatable bonds is 4. The summed E-state index contributed by atoms with van der Waals surface area (Å²) in [5.41, 5.74) is 4.20. The van der Waals surface area contributed by atoms with E-state index < -0.39 is 0 Å². The minimum Gasteiger partial charge on any atom is -0.324 e. The van der Waals surface area contributed by atoms with Crippen molar-refractivity contribution in [1.82, 2.24) is 9.97 Å². The van der Waals surface area contributed by atoms with Crippen molar-refractivity contribution in [1.29, 1.82) is 0 Å². The van der Waals surface area contributed by atoms with Crippen LogP contribution in [-0.2, 0) is 0 Å². The van der Waals surface area contributed by atoms with Crippen LogP contribution in [0.2, 0.25) is 0 Å². The van der Waals surface area contributed by atoms with Crippen molar-refractivity contribution in [2.24, 2.45) is 0 Å². The Morgan fingerprint density at radius 1 is 1.00 bits per heavy atom. The molecular weight excluding hydrogens is 331 g/mol. The van der Waals surface area contributed by atoms with E-state index in [1.54, 1.807) is 25.1 Å². The van der Waals surface area contributed by atoms with Crippen LogP contribution in [0.15, 0.2) is 48.5 Å². The summed E-state index contributed by atoms with van der Waals surface area (Å²) < 4.78 is 13.3. The van der Waals surface area contributed by atoms with E-state index in [1.165, 1.54) is 12.1 Å². The van der Waals surface area contributed by atoms with Gasteiger partial charge in [0.2, 0.25) is 5.95 Å². The van der Waals surface area contributed by atoms with Crippen LogP contribution in [0.4, 0.5) is 21.7 Å². The number of aryl methyl sites for hydroxylation is 3. The molecule has 6 heteroatoms. The molecule has 0 atom stereocenters. The first-order chi connectivity index (χ1) is 12.4. The molecule has 1 heterocycles. The normalized spacial score (nSPS) is 10.5. The van der Waals surface area contributed by atoms with E-state index in [0.717, 1.165) is 16.8 Å². The number of hydrogen-bond acceptors (Lipinski definition) is 4. The second-order valence-corrected chi connectivity index (χ2v) is 6.13. The van der Waals surface area contributed by atoms with Crippen LogP contribution in [0.1, 0.15) is 27.3 Å². The van der Waals surface area contributed by atoms with Crippen LogP contribution in [-0.4, -0.2) is 15.9 Å². The third kappa shape index (κ3) is 4.22. The number of carbonyl (C=O) groups excluding carboxylic acids is 1. The molecule has 0 aliphatic heterocycles. The maximum absolute atomic E-state index is 13.3. The molecular formula is C20H19FN4O. The van der Waals surface area contributed by atoms with E-state index in [9.17, 15) is 9.18 Å². The lowest BCUT2D eigenvalue weighted by Crippen LogP contribution is -2.16. The van der Waals surface area contributed by atoms with Gasteiger partial charge in [-0.2, -0.15) is 0 Å². The number of carbonyl (C=O) groups is 1. The summed E-state index contributed by atoms with van der Waals surface area (Å²) in [5.74, 6) is -0.457. The summed E-state index contributed by atoms with van der Waals surface area (Å²) in [5, 5.41) is 5.79. The Hall–Kier alpha value is -3.28. The third-order valence-corrected chi connectivity index (χ3v) is 3.80. The van der Waals surface area contributed by atoms with Gasteiger partial charge in [0.25, 0.3) is 5.91 Å². The fraction of sp³-hybridized carbons (Fsp3) is 0.150. The van der Waals surface area contributed by atoms with Gasteiger partial charge in [-0.15, -0.1) is 0 Å². The molecule has 3 aromatic rings. The molecule has 5 nitrogen and oxygen atoms in total. The Morgan fingerprint density at radius 3 is 2.54 bits per heavy atom. The van der Waals surface area contributed by atoms with Crippen molar-refractivity contribution in [3.63, 3.8) is 0 Å². The molecule has 0 bridgehead atoms. The van der Waals surface area contributed by atoms with Gasteiger partial charge < -0.3 is 10.6 Å². The maximum Gasteiger partial charge on any atom is 0.274 e. The van der Waals surface area contributed by atoms with Crippen LogP contribution >= 0.6 is 0 Å². The SMILES string of the molecule is Cc1ccc(NC(=O)c2cc(C)nc(Nc3cccc(F)c3)n2)c(C)c1. The molecule has 0 saturated heterocycles. The van der Waals surface area contributed by atoms with Crippen molar-refractivity contribution in [3.8, 4) is 0 Å². The van der Waals surface area contributed by atoms with Crippen molar-refractivity contribution in [2.45, 2.75) is 20.8 Å². The second-order valence-electron chi connectivity index (χ2n) is 6.13. The topological polar surface area (TPSA) is 66.9 Å². The minimum absolute atomic E-state index is 0.233. The first-order valence-corrected chi connectivity index (χ1v) is 8.17. The van der Waals surface area contributed by atoms with Gasteiger partial charge in [0, 0.05) is 17.1 Å². The van der Waals surface area contributed by atoms with Gasteiger partial charge in [0.1, 0.15) is 11.5 Å². The first kappa shape index (κ1) is 17.5. The van der Waals surface area contributed by atoms with Crippen molar-refractivity contribution in [2.75, 3.05) is 10.6 Å². The molecule has 3 rings (SSSR count). The van der Waals surface area contributed by atoms with Crippen molar-refractivity contribution in [3.05, 3.63) is 76.9 Å². The molecule has 0 spiro atoms. The number of anilines is 3. The van der Waals surface area contributed by atoms with Gasteiger partial charge in [-0.25, -0.2) is 14.4 Å². The van der Waals surface area contributed by atoms with Gasteiger partial charge in [0.05, 0.1) is 0 Å². The van der Waals surface area contributed by atoms with E-state index >= 15 is 0 Å². The second kappa shape index (κ2) is 7.31. The van der Waals surface area contributed by atoms with Crippen LogP contribution in [0.25, 0.3) is 0 Å². The molecule has 132 valence electrons. The fourth-order valence-electron chi connectivity index (χ4n) is 2.58. The van der Waals surface area contributed by atoms with Crippen LogP contribution in [0.3, 0.4) is 0 Å². The van der Waals surface area contributed by atoms with E-state index in [-0.39, 0.29) is 23.4 Å². The molecule has 0 radical (unpaired) electrons. The molecule has 2 N–H and O–H groups in total. The van der Waals surface area contributed by atoms with Gasteiger partial charge in [0.15, 0.2) is 0 Å². The zero-order valence-corrected chi connectivity index (χ0v) is 14.8. The Bertz CT molecular complexity index is 972. The molecule has 2 aromatic carbocycles. The molecule has 26 heavy (non-hydrogen) atoms. The van der Waals surface area contributed by atoms with Crippen molar-refractivity contribution < 1.29 is 9.18 Å². The van der Waals surface area contributed by atoms with E-state index in [4.69, 9.17) is 0 Å². The Morgan fingerprint density at radius 2 is 1.81 bits per heavy atom. The third-order valence-electron chi connectivity index (χ3n) is 3.80. The number of aromatic nitrogens is 2. The van der Waals surface area contributed by atoms with Crippen LogP contribution in [0.5, 0.6) is 0 Å². The van der Waals surface area contributed by atoms with E-state index in [0.29, 0.717) is 11.4 Å². The number of nitrogens with one attached hydrogen (secondary N) is 2. The standard InChI is InChI=1S/C20H19FN4O/c1-12-7-8-17(13(2)9-12)24-19(26)18-10-14(3)22-20(25-18)23-16-6-4-5-15(21)11-16/h4-11H,1-3H3,(H,24,26)(H,22,23,25). The van der Waals surface area contributed by atoms with Crippen molar-refractivity contribution >= 4 is 23.2 Å². The summed E-state index contributed by atoms with van der Waals surface area (Å²) in [6.45, 7) is 5.70. The smallest absolute Gasteiger partial charge is 0.274 e. The Balaban J connectivity index is 1.83. The Labute approximate surface area is 151 Å². The minimum atomic E-state index is -0.365. The fourth-order valence-corrected chi connectivity index (χ4v) is 2.58. The van der Waals surface area contributed by atoms with Gasteiger partial charge in [-0.1, -0.05) is 23.8 Å². The lowest BCUT2D eigenvalue weighted by molar-refractivity contribution is 0.102. The van der Waals surface area contributed by atoms with Gasteiger partial charge in [-0.3, -0.25) is 4.79 Å². The van der Waals surface area contributed by atoms with E-state index in [2.05, 4.69) is 20.6 Å². The molecule has 0 aliphatic carbocycles. The predicted molar refractivity (Wildman–Crippen MR) is 100 cm³/mol. The monoisotopic (exact) mass is 350 g/mol.